The highest BCUT2D eigenvalue weighted by Gasteiger charge is 2.11. The van der Waals surface area contributed by atoms with Crippen molar-refractivity contribution in [3.8, 4) is 0 Å². The van der Waals surface area contributed by atoms with Gasteiger partial charge in [-0.1, -0.05) is 46.3 Å². The molecule has 0 aromatic heterocycles. The van der Waals surface area contributed by atoms with Crippen molar-refractivity contribution in [3.05, 3.63) is 69.9 Å². The minimum atomic E-state index is -0.188. The summed E-state index contributed by atoms with van der Waals surface area (Å²) in [5.74, 6) is 0.687. The molecule has 100 valence electrons. The average molecular weight is 342 g/mol. The van der Waals surface area contributed by atoms with E-state index >= 15 is 0 Å². The van der Waals surface area contributed by atoms with Crippen LogP contribution in [0.3, 0.4) is 0 Å². The van der Waals surface area contributed by atoms with Gasteiger partial charge in [0.05, 0.1) is 0 Å². The van der Waals surface area contributed by atoms with E-state index in [2.05, 4.69) is 22.0 Å². The minimum absolute atomic E-state index is 0.188. The fourth-order valence-electron chi connectivity index (χ4n) is 2.15. The Kier molecular flexibility index (Phi) is 5.41. The average Bonchev–Trinajstić information content (AvgIpc) is 2.40. The van der Waals surface area contributed by atoms with Crippen molar-refractivity contribution >= 4 is 27.5 Å². The highest BCUT2D eigenvalue weighted by atomic mass is 79.9. The molecule has 0 aliphatic heterocycles. The van der Waals surface area contributed by atoms with Crippen LogP contribution < -0.4 is 0 Å². The van der Waals surface area contributed by atoms with Crippen molar-refractivity contribution in [2.75, 3.05) is 5.88 Å². The Balaban J connectivity index is 2.07. The summed E-state index contributed by atoms with van der Waals surface area (Å²) in [4.78, 5) is 0. The molecule has 0 saturated heterocycles. The summed E-state index contributed by atoms with van der Waals surface area (Å²) in [5.41, 5.74) is 2.24. The summed E-state index contributed by atoms with van der Waals surface area (Å²) in [5, 5.41) is 0. The standard InChI is InChI=1S/C16H15BrClF/c17-16-7-2-1-5-14(16)9-13(11-18)8-12-4-3-6-15(19)10-12/h1-7,10,13H,8-9,11H2. The summed E-state index contributed by atoms with van der Waals surface area (Å²) >= 11 is 9.60. The monoisotopic (exact) mass is 340 g/mol. The van der Waals surface area contributed by atoms with E-state index in [1.54, 1.807) is 12.1 Å². The van der Waals surface area contributed by atoms with E-state index in [9.17, 15) is 4.39 Å². The van der Waals surface area contributed by atoms with Gasteiger partial charge >= 0.3 is 0 Å². The molecule has 0 saturated carbocycles. The molecular weight excluding hydrogens is 327 g/mol. The smallest absolute Gasteiger partial charge is 0.123 e. The molecule has 0 fully saturated rings. The molecule has 0 aliphatic rings. The molecule has 0 radical (unpaired) electrons. The summed E-state index contributed by atoms with van der Waals surface area (Å²) in [6, 6.07) is 14.9. The van der Waals surface area contributed by atoms with Crippen molar-refractivity contribution in [2.45, 2.75) is 12.8 Å². The normalized spacial score (nSPS) is 12.4. The van der Waals surface area contributed by atoms with Crippen LogP contribution in [0.1, 0.15) is 11.1 Å². The van der Waals surface area contributed by atoms with Crippen molar-refractivity contribution in [1.82, 2.24) is 0 Å². The first kappa shape index (κ1) is 14.5. The van der Waals surface area contributed by atoms with Crippen molar-refractivity contribution in [3.63, 3.8) is 0 Å². The van der Waals surface area contributed by atoms with Crippen LogP contribution in [-0.2, 0) is 12.8 Å². The Morgan fingerprint density at radius 1 is 1.05 bits per heavy atom. The van der Waals surface area contributed by atoms with Gasteiger partial charge in [-0.05, 0) is 48.1 Å². The highest BCUT2D eigenvalue weighted by molar-refractivity contribution is 9.10. The molecule has 0 amide bonds. The first-order valence-corrected chi connectivity index (χ1v) is 7.55. The predicted octanol–water partition coefficient (Wildman–Crippen LogP) is 5.23. The fraction of sp³-hybridized carbons (Fsp3) is 0.250. The van der Waals surface area contributed by atoms with E-state index in [0.717, 1.165) is 22.9 Å². The lowest BCUT2D eigenvalue weighted by atomic mass is 9.94. The van der Waals surface area contributed by atoms with Gasteiger partial charge in [0.1, 0.15) is 5.82 Å². The van der Waals surface area contributed by atoms with E-state index < -0.39 is 0 Å². The number of hydrogen-bond acceptors (Lipinski definition) is 0. The minimum Gasteiger partial charge on any atom is -0.207 e. The second kappa shape index (κ2) is 7.06. The lowest BCUT2D eigenvalue weighted by Crippen LogP contribution is -2.10. The number of rotatable bonds is 5. The zero-order valence-corrected chi connectivity index (χ0v) is 12.8. The molecule has 0 N–H and O–H groups in total. The van der Waals surface area contributed by atoms with Gasteiger partial charge < -0.3 is 0 Å². The van der Waals surface area contributed by atoms with Gasteiger partial charge in [0.15, 0.2) is 0 Å². The zero-order valence-electron chi connectivity index (χ0n) is 10.5. The Labute approximate surface area is 126 Å². The van der Waals surface area contributed by atoms with Gasteiger partial charge in [-0.3, -0.25) is 0 Å². The zero-order chi connectivity index (χ0) is 13.7. The Hall–Kier alpha value is -0.860. The lowest BCUT2D eigenvalue weighted by molar-refractivity contribution is 0.575. The van der Waals surface area contributed by atoms with Gasteiger partial charge in [0, 0.05) is 10.4 Å². The molecule has 0 nitrogen and oxygen atoms in total. The maximum Gasteiger partial charge on any atom is 0.123 e. The summed E-state index contributed by atoms with van der Waals surface area (Å²) in [6.45, 7) is 0. The van der Waals surface area contributed by atoms with E-state index in [4.69, 9.17) is 11.6 Å². The molecule has 2 rings (SSSR count). The predicted molar refractivity (Wildman–Crippen MR) is 82.2 cm³/mol. The third kappa shape index (κ3) is 4.32. The number of halogens is 3. The fourth-order valence-corrected chi connectivity index (χ4v) is 2.82. The van der Waals surface area contributed by atoms with Crippen LogP contribution in [-0.4, -0.2) is 5.88 Å². The number of hydrogen-bond donors (Lipinski definition) is 0. The van der Waals surface area contributed by atoms with Crippen LogP contribution in [0.5, 0.6) is 0 Å². The van der Waals surface area contributed by atoms with Crippen molar-refractivity contribution in [2.24, 2.45) is 5.92 Å². The summed E-state index contributed by atoms with van der Waals surface area (Å²) < 4.78 is 14.3. The first-order chi connectivity index (χ1) is 9.19. The van der Waals surface area contributed by atoms with Crippen molar-refractivity contribution in [1.29, 1.82) is 0 Å². The largest absolute Gasteiger partial charge is 0.207 e. The number of benzene rings is 2. The molecule has 2 aromatic carbocycles. The molecule has 1 atom stereocenters. The van der Waals surface area contributed by atoms with Gasteiger partial charge in [-0.2, -0.15) is 0 Å². The maximum absolute atomic E-state index is 13.2. The Bertz CT molecular complexity index is 542. The Morgan fingerprint density at radius 2 is 1.84 bits per heavy atom. The van der Waals surface area contributed by atoms with Crippen LogP contribution in [0, 0.1) is 11.7 Å². The topological polar surface area (TPSA) is 0 Å². The molecule has 0 aliphatic carbocycles. The van der Waals surface area contributed by atoms with Crippen molar-refractivity contribution < 1.29 is 4.39 Å². The van der Waals surface area contributed by atoms with Gasteiger partial charge in [0.2, 0.25) is 0 Å². The molecule has 2 aromatic rings. The third-order valence-corrected chi connectivity index (χ3v) is 4.31. The van der Waals surface area contributed by atoms with Crippen LogP contribution in [0.2, 0.25) is 0 Å². The van der Waals surface area contributed by atoms with Gasteiger partial charge in [0.25, 0.3) is 0 Å². The lowest BCUT2D eigenvalue weighted by Gasteiger charge is -2.15. The molecule has 0 spiro atoms. The second-order valence-electron chi connectivity index (χ2n) is 4.65. The molecular formula is C16H15BrClF. The molecule has 3 heteroatoms. The summed E-state index contributed by atoms with van der Waals surface area (Å²) in [7, 11) is 0. The SMILES string of the molecule is Fc1cccc(CC(CCl)Cc2ccccc2Br)c1. The molecule has 1 unspecified atom stereocenters. The summed E-state index contributed by atoms with van der Waals surface area (Å²) in [6.07, 6.45) is 1.68. The van der Waals surface area contributed by atoms with E-state index in [1.807, 2.05) is 24.3 Å². The first-order valence-electron chi connectivity index (χ1n) is 6.23. The maximum atomic E-state index is 13.2. The van der Waals surface area contributed by atoms with E-state index in [0.29, 0.717) is 11.8 Å². The van der Waals surface area contributed by atoms with Crippen LogP contribution in [0.25, 0.3) is 0 Å². The van der Waals surface area contributed by atoms with Crippen LogP contribution in [0.15, 0.2) is 53.0 Å². The van der Waals surface area contributed by atoms with Crippen LogP contribution >= 0.6 is 27.5 Å². The highest BCUT2D eigenvalue weighted by Crippen LogP contribution is 2.22. The molecule has 19 heavy (non-hydrogen) atoms. The molecule has 0 bridgehead atoms. The van der Waals surface area contributed by atoms with Crippen LogP contribution in [0.4, 0.5) is 4.39 Å². The van der Waals surface area contributed by atoms with E-state index in [-0.39, 0.29) is 5.82 Å². The Morgan fingerprint density at radius 3 is 2.53 bits per heavy atom. The number of alkyl halides is 1. The molecule has 0 heterocycles. The third-order valence-electron chi connectivity index (χ3n) is 3.10. The second-order valence-corrected chi connectivity index (χ2v) is 5.81. The van der Waals surface area contributed by atoms with Gasteiger partial charge in [-0.15, -0.1) is 11.6 Å². The van der Waals surface area contributed by atoms with E-state index in [1.165, 1.54) is 11.6 Å². The quantitative estimate of drug-likeness (QED) is 0.653. The van der Waals surface area contributed by atoms with Gasteiger partial charge in [-0.25, -0.2) is 4.39 Å².